The van der Waals surface area contributed by atoms with E-state index in [0.29, 0.717) is 13.1 Å². The average Bonchev–Trinajstić information content (AvgIpc) is 2.73. The van der Waals surface area contributed by atoms with Crippen LogP contribution in [0.5, 0.6) is 0 Å². The molecule has 1 aliphatic rings. The smallest absolute Gasteiger partial charge is 0.238 e. The first-order chi connectivity index (χ1) is 12.2. The Morgan fingerprint density at radius 1 is 0.962 bits per heavy atom. The molecule has 1 heterocycles. The van der Waals surface area contributed by atoms with Crippen LogP contribution < -0.4 is 10.6 Å². The molecule has 0 aromatic heterocycles. The van der Waals surface area contributed by atoms with Gasteiger partial charge in [-0.1, -0.05) is 15.9 Å². The second-order valence-corrected chi connectivity index (χ2v) is 8.67. The van der Waals surface area contributed by atoms with Crippen molar-refractivity contribution >= 4 is 33.4 Å². The number of amides is 2. The summed E-state index contributed by atoms with van der Waals surface area (Å²) < 4.78 is 0.985. The molecule has 1 aromatic carbocycles. The molecule has 1 aromatic rings. The minimum absolute atomic E-state index is 0.00810. The Labute approximate surface area is 164 Å². The molecule has 6 nitrogen and oxygen atoms in total. The van der Waals surface area contributed by atoms with E-state index in [1.807, 2.05) is 45.0 Å². The van der Waals surface area contributed by atoms with Crippen molar-refractivity contribution in [1.82, 2.24) is 15.1 Å². The Balaban J connectivity index is 1.76. The predicted octanol–water partition coefficient (Wildman–Crippen LogP) is 2.31. The summed E-state index contributed by atoms with van der Waals surface area (Å²) in [6, 6.07) is 7.56. The Bertz CT molecular complexity index is 613. The molecule has 26 heavy (non-hydrogen) atoms. The van der Waals surface area contributed by atoms with Crippen molar-refractivity contribution in [3.63, 3.8) is 0 Å². The zero-order chi connectivity index (χ0) is 19.2. The summed E-state index contributed by atoms with van der Waals surface area (Å²) in [7, 11) is 0. The SMILES string of the molecule is CC(C)(C)NC(=O)CN1CCCN(CC(=O)Nc2ccc(Br)cc2)CC1. The lowest BCUT2D eigenvalue weighted by molar-refractivity contribution is -0.123. The molecule has 1 aliphatic heterocycles. The highest BCUT2D eigenvalue weighted by Gasteiger charge is 2.20. The number of benzene rings is 1. The van der Waals surface area contributed by atoms with Crippen LogP contribution in [0.25, 0.3) is 0 Å². The summed E-state index contributed by atoms with van der Waals surface area (Å²) >= 11 is 3.38. The van der Waals surface area contributed by atoms with E-state index in [1.165, 1.54) is 0 Å². The third kappa shape index (κ3) is 7.85. The van der Waals surface area contributed by atoms with Crippen molar-refractivity contribution in [3.05, 3.63) is 28.7 Å². The van der Waals surface area contributed by atoms with Gasteiger partial charge in [-0.25, -0.2) is 0 Å². The lowest BCUT2D eigenvalue weighted by Gasteiger charge is -2.25. The van der Waals surface area contributed by atoms with Crippen molar-refractivity contribution in [3.8, 4) is 0 Å². The molecule has 0 radical (unpaired) electrons. The van der Waals surface area contributed by atoms with Gasteiger partial charge in [0.15, 0.2) is 0 Å². The Morgan fingerprint density at radius 2 is 1.50 bits per heavy atom. The van der Waals surface area contributed by atoms with Crippen LogP contribution >= 0.6 is 15.9 Å². The molecule has 0 aliphatic carbocycles. The highest BCUT2D eigenvalue weighted by Crippen LogP contribution is 2.14. The van der Waals surface area contributed by atoms with Gasteiger partial charge in [0.2, 0.25) is 11.8 Å². The van der Waals surface area contributed by atoms with E-state index >= 15 is 0 Å². The number of anilines is 1. The van der Waals surface area contributed by atoms with Crippen molar-refractivity contribution in [2.45, 2.75) is 32.7 Å². The van der Waals surface area contributed by atoms with Crippen LogP contribution in [0, 0.1) is 0 Å². The van der Waals surface area contributed by atoms with Crippen LogP contribution in [0.1, 0.15) is 27.2 Å². The van der Waals surface area contributed by atoms with Crippen molar-refractivity contribution in [2.75, 3.05) is 44.6 Å². The maximum Gasteiger partial charge on any atom is 0.238 e. The van der Waals surface area contributed by atoms with E-state index in [1.54, 1.807) is 0 Å². The molecule has 7 heteroatoms. The number of carbonyl (C=O) groups excluding carboxylic acids is 2. The molecular formula is C19H29BrN4O2. The molecule has 2 amide bonds. The quantitative estimate of drug-likeness (QED) is 0.760. The van der Waals surface area contributed by atoms with Crippen LogP contribution in [-0.2, 0) is 9.59 Å². The Kier molecular flexibility index (Phi) is 7.61. The molecule has 0 saturated carbocycles. The lowest BCUT2D eigenvalue weighted by atomic mass is 10.1. The normalized spacial score (nSPS) is 16.8. The van der Waals surface area contributed by atoms with Crippen molar-refractivity contribution in [2.24, 2.45) is 0 Å². The summed E-state index contributed by atoms with van der Waals surface area (Å²) in [5.74, 6) is 0.0465. The number of nitrogens with one attached hydrogen (secondary N) is 2. The molecule has 144 valence electrons. The summed E-state index contributed by atoms with van der Waals surface area (Å²) in [4.78, 5) is 28.7. The fourth-order valence-electron chi connectivity index (χ4n) is 2.94. The summed E-state index contributed by atoms with van der Waals surface area (Å²) in [5.41, 5.74) is 0.591. The highest BCUT2D eigenvalue weighted by atomic mass is 79.9. The molecule has 2 rings (SSSR count). The van der Waals surface area contributed by atoms with Crippen molar-refractivity contribution < 1.29 is 9.59 Å². The molecule has 1 fully saturated rings. The molecule has 0 atom stereocenters. The zero-order valence-corrected chi connectivity index (χ0v) is 17.4. The average molecular weight is 425 g/mol. The minimum Gasteiger partial charge on any atom is -0.350 e. The summed E-state index contributed by atoms with van der Waals surface area (Å²) in [6.45, 7) is 10.1. The third-order valence-electron chi connectivity index (χ3n) is 4.06. The first-order valence-electron chi connectivity index (χ1n) is 9.02. The fraction of sp³-hybridized carbons (Fsp3) is 0.579. The molecule has 0 unspecified atom stereocenters. The number of hydrogen-bond acceptors (Lipinski definition) is 4. The van der Waals surface area contributed by atoms with Gasteiger partial charge in [-0.15, -0.1) is 0 Å². The van der Waals surface area contributed by atoms with E-state index in [2.05, 4.69) is 36.4 Å². The molecular weight excluding hydrogens is 396 g/mol. The largest absolute Gasteiger partial charge is 0.350 e. The first kappa shape index (κ1) is 20.9. The maximum absolute atomic E-state index is 12.3. The number of halogens is 1. The van der Waals surface area contributed by atoms with Gasteiger partial charge in [-0.3, -0.25) is 19.4 Å². The highest BCUT2D eigenvalue weighted by molar-refractivity contribution is 9.10. The second-order valence-electron chi connectivity index (χ2n) is 7.76. The van der Waals surface area contributed by atoms with Gasteiger partial charge >= 0.3 is 0 Å². The summed E-state index contributed by atoms with van der Waals surface area (Å²) in [6.07, 6.45) is 0.953. The monoisotopic (exact) mass is 424 g/mol. The fourth-order valence-corrected chi connectivity index (χ4v) is 3.20. The lowest BCUT2D eigenvalue weighted by Crippen LogP contribution is -2.46. The van der Waals surface area contributed by atoms with Crippen LogP contribution in [0.3, 0.4) is 0 Å². The minimum atomic E-state index is -0.208. The van der Waals surface area contributed by atoms with E-state index in [-0.39, 0.29) is 17.4 Å². The van der Waals surface area contributed by atoms with Crippen LogP contribution in [0.4, 0.5) is 5.69 Å². The van der Waals surface area contributed by atoms with E-state index in [4.69, 9.17) is 0 Å². The standard InChI is InChI=1S/C19H29BrN4O2/c1-19(2,3)22-18(26)14-24-10-4-9-23(11-12-24)13-17(25)21-16-7-5-15(20)6-8-16/h5-8H,4,9-14H2,1-3H3,(H,21,25)(H,22,26). The number of rotatable bonds is 5. The summed E-state index contributed by atoms with van der Waals surface area (Å²) in [5, 5.41) is 5.93. The van der Waals surface area contributed by atoms with Crippen LogP contribution in [-0.4, -0.2) is 66.4 Å². The molecule has 0 spiro atoms. The predicted molar refractivity (Wildman–Crippen MR) is 108 cm³/mol. The van der Waals surface area contributed by atoms with Gasteiger partial charge in [0.05, 0.1) is 13.1 Å². The van der Waals surface area contributed by atoms with Gasteiger partial charge < -0.3 is 10.6 Å². The Hall–Kier alpha value is -1.44. The van der Waals surface area contributed by atoms with Gasteiger partial charge in [0.1, 0.15) is 0 Å². The van der Waals surface area contributed by atoms with Crippen LogP contribution in [0.2, 0.25) is 0 Å². The molecule has 2 N–H and O–H groups in total. The van der Waals surface area contributed by atoms with E-state index in [0.717, 1.165) is 42.8 Å². The van der Waals surface area contributed by atoms with E-state index < -0.39 is 0 Å². The number of hydrogen-bond donors (Lipinski definition) is 2. The third-order valence-corrected chi connectivity index (χ3v) is 4.59. The van der Waals surface area contributed by atoms with Gasteiger partial charge in [-0.05, 0) is 64.5 Å². The molecule has 0 bridgehead atoms. The maximum atomic E-state index is 12.3. The zero-order valence-electron chi connectivity index (χ0n) is 15.8. The van der Waals surface area contributed by atoms with Gasteiger partial charge in [-0.2, -0.15) is 0 Å². The number of carbonyl (C=O) groups is 2. The van der Waals surface area contributed by atoms with Crippen molar-refractivity contribution in [1.29, 1.82) is 0 Å². The van der Waals surface area contributed by atoms with Crippen LogP contribution in [0.15, 0.2) is 28.7 Å². The second kappa shape index (κ2) is 9.48. The van der Waals surface area contributed by atoms with E-state index in [9.17, 15) is 9.59 Å². The number of nitrogens with zero attached hydrogens (tertiary/aromatic N) is 2. The van der Waals surface area contributed by atoms with Gasteiger partial charge in [0, 0.05) is 28.8 Å². The first-order valence-corrected chi connectivity index (χ1v) is 9.82. The molecule has 1 saturated heterocycles. The van der Waals surface area contributed by atoms with Gasteiger partial charge in [0.25, 0.3) is 0 Å². The Morgan fingerprint density at radius 3 is 2.04 bits per heavy atom. The topological polar surface area (TPSA) is 64.7 Å².